The summed E-state index contributed by atoms with van der Waals surface area (Å²) in [6.45, 7) is 0. The molecule has 3 N–H and O–H groups in total. The van der Waals surface area contributed by atoms with E-state index in [9.17, 15) is 18.0 Å². The van der Waals surface area contributed by atoms with E-state index >= 15 is 0 Å². The highest BCUT2D eigenvalue weighted by atomic mass is 32.2. The van der Waals surface area contributed by atoms with Gasteiger partial charge in [-0.2, -0.15) is 0 Å². The highest BCUT2D eigenvalue weighted by Crippen LogP contribution is 2.17. The van der Waals surface area contributed by atoms with Crippen molar-refractivity contribution in [2.75, 3.05) is 12.0 Å². The molecule has 1 unspecified atom stereocenters. The van der Waals surface area contributed by atoms with Crippen LogP contribution in [0.3, 0.4) is 0 Å². The lowest BCUT2D eigenvalue weighted by atomic mass is 10.1. The summed E-state index contributed by atoms with van der Waals surface area (Å²) in [6.07, 6.45) is 7.13. The summed E-state index contributed by atoms with van der Waals surface area (Å²) in [5.74, 6) is -1.50. The number of carboxylic acid groups (broad SMARTS) is 1. The Morgan fingerprint density at radius 1 is 1.19 bits per heavy atom. The van der Waals surface area contributed by atoms with Crippen LogP contribution < -0.4 is 10.6 Å². The van der Waals surface area contributed by atoms with E-state index < -0.39 is 27.9 Å². The third-order valence-corrected chi connectivity index (χ3v) is 4.55. The number of amides is 2. The number of carboxylic acids is 1. The van der Waals surface area contributed by atoms with Gasteiger partial charge in [-0.3, -0.25) is 0 Å². The minimum absolute atomic E-state index is 0.0665. The molecule has 0 heterocycles. The molecule has 0 aromatic rings. The number of urea groups is 1. The van der Waals surface area contributed by atoms with Crippen LogP contribution in [-0.2, 0) is 14.6 Å². The van der Waals surface area contributed by atoms with Crippen LogP contribution in [0.5, 0.6) is 0 Å². The zero-order chi connectivity index (χ0) is 15.9. The number of carbonyl (C=O) groups is 2. The molecular weight excluding hydrogens is 296 g/mol. The number of aliphatic carboxylic acids is 1. The molecule has 0 aromatic heterocycles. The number of sulfone groups is 1. The van der Waals surface area contributed by atoms with Crippen LogP contribution in [0, 0.1) is 0 Å². The Bertz CT molecular complexity index is 455. The Hall–Kier alpha value is -1.31. The molecule has 0 spiro atoms. The maximum atomic E-state index is 11.8. The number of hydrogen-bond acceptors (Lipinski definition) is 4. The first-order chi connectivity index (χ1) is 9.78. The first-order valence-electron chi connectivity index (χ1n) is 7.25. The van der Waals surface area contributed by atoms with Crippen molar-refractivity contribution in [2.24, 2.45) is 0 Å². The fraction of sp³-hybridized carbons (Fsp3) is 0.846. The summed E-state index contributed by atoms with van der Waals surface area (Å²) in [5, 5.41) is 14.2. The quantitative estimate of drug-likeness (QED) is 0.629. The smallest absolute Gasteiger partial charge is 0.326 e. The normalized spacial score (nSPS) is 18.5. The molecule has 2 amide bonds. The molecule has 1 saturated carbocycles. The summed E-state index contributed by atoms with van der Waals surface area (Å²) < 4.78 is 22.2. The summed E-state index contributed by atoms with van der Waals surface area (Å²) in [6, 6.07) is -1.66. The van der Waals surface area contributed by atoms with Crippen molar-refractivity contribution in [2.45, 2.75) is 57.0 Å². The SMILES string of the molecule is CS(=O)(=O)CCC(NC(=O)NC1CCCCCC1)C(=O)O. The van der Waals surface area contributed by atoms with Crippen LogP contribution in [0.15, 0.2) is 0 Å². The van der Waals surface area contributed by atoms with Crippen molar-refractivity contribution in [3.63, 3.8) is 0 Å². The molecular formula is C13H24N2O5S. The van der Waals surface area contributed by atoms with E-state index in [0.717, 1.165) is 44.8 Å². The lowest BCUT2D eigenvalue weighted by Gasteiger charge is -2.19. The van der Waals surface area contributed by atoms with Crippen LogP contribution in [0.4, 0.5) is 4.79 Å². The molecule has 0 bridgehead atoms. The van der Waals surface area contributed by atoms with E-state index in [0.29, 0.717) is 0 Å². The standard InChI is InChI=1S/C13H24N2O5S/c1-21(19,20)9-8-11(12(16)17)15-13(18)14-10-6-4-2-3-5-7-10/h10-11H,2-9H2,1H3,(H,16,17)(H2,14,15,18). The van der Waals surface area contributed by atoms with Gasteiger partial charge in [-0.15, -0.1) is 0 Å². The minimum Gasteiger partial charge on any atom is -0.480 e. The third kappa shape index (κ3) is 7.89. The molecule has 21 heavy (non-hydrogen) atoms. The van der Waals surface area contributed by atoms with Crippen molar-refractivity contribution < 1.29 is 23.1 Å². The second-order valence-corrected chi connectivity index (χ2v) is 7.88. The van der Waals surface area contributed by atoms with Crippen molar-refractivity contribution in [3.8, 4) is 0 Å². The van der Waals surface area contributed by atoms with Gasteiger partial charge in [0.1, 0.15) is 15.9 Å². The molecule has 122 valence electrons. The van der Waals surface area contributed by atoms with Crippen molar-refractivity contribution >= 4 is 21.8 Å². The molecule has 0 aliphatic heterocycles. The van der Waals surface area contributed by atoms with E-state index in [1.165, 1.54) is 0 Å². The Labute approximate surface area is 125 Å². The zero-order valence-corrected chi connectivity index (χ0v) is 13.1. The molecule has 0 radical (unpaired) electrons. The highest BCUT2D eigenvalue weighted by Gasteiger charge is 2.23. The van der Waals surface area contributed by atoms with Crippen LogP contribution in [0.1, 0.15) is 44.9 Å². The van der Waals surface area contributed by atoms with Gasteiger partial charge in [-0.25, -0.2) is 18.0 Å². The van der Waals surface area contributed by atoms with Crippen LogP contribution in [0.2, 0.25) is 0 Å². The lowest BCUT2D eigenvalue weighted by Crippen LogP contribution is -2.49. The number of nitrogens with one attached hydrogen (secondary N) is 2. The van der Waals surface area contributed by atoms with Gasteiger partial charge in [-0.05, 0) is 19.3 Å². The van der Waals surface area contributed by atoms with Gasteiger partial charge < -0.3 is 15.7 Å². The number of rotatable bonds is 6. The molecule has 1 aliphatic carbocycles. The Morgan fingerprint density at radius 3 is 2.24 bits per heavy atom. The maximum absolute atomic E-state index is 11.8. The lowest BCUT2D eigenvalue weighted by molar-refractivity contribution is -0.139. The molecule has 0 saturated heterocycles. The number of hydrogen-bond donors (Lipinski definition) is 3. The summed E-state index contributed by atoms with van der Waals surface area (Å²) >= 11 is 0. The summed E-state index contributed by atoms with van der Waals surface area (Å²) in [5.41, 5.74) is 0. The fourth-order valence-electron chi connectivity index (χ4n) is 2.40. The predicted molar refractivity (Wildman–Crippen MR) is 78.9 cm³/mol. The van der Waals surface area contributed by atoms with E-state index in [1.807, 2.05) is 0 Å². The molecule has 0 aromatic carbocycles. The zero-order valence-electron chi connectivity index (χ0n) is 12.3. The minimum atomic E-state index is -3.26. The van der Waals surface area contributed by atoms with Gasteiger partial charge in [0.2, 0.25) is 0 Å². The average Bonchev–Trinajstić information content (AvgIpc) is 2.61. The summed E-state index contributed by atoms with van der Waals surface area (Å²) in [7, 11) is -3.26. The molecule has 7 nitrogen and oxygen atoms in total. The molecule has 1 fully saturated rings. The monoisotopic (exact) mass is 320 g/mol. The first-order valence-corrected chi connectivity index (χ1v) is 9.31. The van der Waals surface area contributed by atoms with Gasteiger partial charge in [0.05, 0.1) is 5.75 Å². The van der Waals surface area contributed by atoms with Crippen LogP contribution in [-0.4, -0.2) is 49.6 Å². The van der Waals surface area contributed by atoms with Gasteiger partial charge >= 0.3 is 12.0 Å². The maximum Gasteiger partial charge on any atom is 0.326 e. The van der Waals surface area contributed by atoms with Crippen LogP contribution in [0.25, 0.3) is 0 Å². The fourth-order valence-corrected chi connectivity index (χ4v) is 3.06. The van der Waals surface area contributed by atoms with E-state index in [1.54, 1.807) is 0 Å². The molecule has 1 atom stereocenters. The second-order valence-electron chi connectivity index (χ2n) is 5.62. The Kier molecular flexibility index (Phi) is 6.94. The largest absolute Gasteiger partial charge is 0.480 e. The van der Waals surface area contributed by atoms with E-state index in [4.69, 9.17) is 5.11 Å². The average molecular weight is 320 g/mol. The van der Waals surface area contributed by atoms with Gasteiger partial charge in [0, 0.05) is 12.3 Å². The van der Waals surface area contributed by atoms with E-state index in [2.05, 4.69) is 10.6 Å². The highest BCUT2D eigenvalue weighted by molar-refractivity contribution is 7.90. The second kappa shape index (κ2) is 8.21. The Morgan fingerprint density at radius 2 is 1.76 bits per heavy atom. The topological polar surface area (TPSA) is 113 Å². The van der Waals surface area contributed by atoms with Gasteiger partial charge in [0.15, 0.2) is 0 Å². The first kappa shape index (κ1) is 17.7. The van der Waals surface area contributed by atoms with Gasteiger partial charge in [-0.1, -0.05) is 25.7 Å². The van der Waals surface area contributed by atoms with Crippen molar-refractivity contribution in [1.29, 1.82) is 0 Å². The number of carbonyl (C=O) groups excluding carboxylic acids is 1. The molecule has 1 rings (SSSR count). The van der Waals surface area contributed by atoms with Crippen LogP contribution >= 0.6 is 0 Å². The van der Waals surface area contributed by atoms with Crippen molar-refractivity contribution in [3.05, 3.63) is 0 Å². The molecule has 8 heteroatoms. The predicted octanol–water partition coefficient (Wildman–Crippen LogP) is 0.896. The van der Waals surface area contributed by atoms with E-state index in [-0.39, 0.29) is 18.2 Å². The Balaban J connectivity index is 2.46. The summed E-state index contributed by atoms with van der Waals surface area (Å²) in [4.78, 5) is 22.9. The van der Waals surface area contributed by atoms with Gasteiger partial charge in [0.25, 0.3) is 0 Å². The molecule has 1 aliphatic rings. The third-order valence-electron chi connectivity index (χ3n) is 3.57. The van der Waals surface area contributed by atoms with Crippen molar-refractivity contribution in [1.82, 2.24) is 10.6 Å².